The number of hydrogen-bond acceptors (Lipinski definition) is 12. The van der Waals surface area contributed by atoms with Gasteiger partial charge in [0.15, 0.2) is 0 Å². The van der Waals surface area contributed by atoms with Crippen LogP contribution in [0.1, 0.15) is 236 Å². The maximum atomic E-state index is 12.7. The van der Waals surface area contributed by atoms with Gasteiger partial charge >= 0.3 is 35.8 Å². The van der Waals surface area contributed by atoms with E-state index < -0.39 is 35.8 Å². The Balaban J connectivity index is 1.63. The highest BCUT2D eigenvalue weighted by molar-refractivity contribution is 5.70. The van der Waals surface area contributed by atoms with E-state index in [2.05, 4.69) is 20.8 Å². The Morgan fingerprint density at radius 3 is 0.615 bits per heavy atom. The Labute approximate surface area is 562 Å². The molecule has 0 saturated heterocycles. The van der Waals surface area contributed by atoms with Crippen LogP contribution in [-0.2, 0) is 106 Å². The Hall–Kier alpha value is -9.06. The van der Waals surface area contributed by atoms with E-state index in [0.29, 0.717) is 145 Å². The maximum absolute atomic E-state index is 12.7. The summed E-state index contributed by atoms with van der Waals surface area (Å²) in [4.78, 5) is 74.0. The molecule has 0 spiro atoms. The second kappa shape index (κ2) is 37.3. The number of carboxylic acids is 6. The van der Waals surface area contributed by atoms with Crippen LogP contribution in [-0.4, -0.2) is 102 Å². The van der Waals surface area contributed by atoms with E-state index in [9.17, 15) is 74.7 Å². The molecule has 0 amide bonds. The lowest BCUT2D eigenvalue weighted by atomic mass is 9.87. The molecule has 0 saturated carbocycles. The predicted octanol–water partition coefficient (Wildman–Crippen LogP) is 14.6. The highest BCUT2D eigenvalue weighted by Crippen LogP contribution is 2.43. The molecule has 96 heavy (non-hydrogen) atoms. The van der Waals surface area contributed by atoms with Gasteiger partial charge in [-0.25, -0.2) is 0 Å². The highest BCUT2D eigenvalue weighted by atomic mass is 16.5. The van der Waals surface area contributed by atoms with Crippen molar-refractivity contribution >= 4 is 35.8 Å². The largest absolute Gasteiger partial charge is 0.507 e. The molecular formula is C78H96O18. The maximum Gasteiger partial charge on any atom is 0.303 e. The van der Waals surface area contributed by atoms with Gasteiger partial charge in [-0.1, -0.05) is 151 Å². The smallest absolute Gasteiger partial charge is 0.303 e. The summed E-state index contributed by atoms with van der Waals surface area (Å²) in [5.41, 5.74) is 9.43. The number of fused-ring (bicyclic) bond motifs is 12. The number of carbonyl (C=O) groups is 6. The van der Waals surface area contributed by atoms with Gasteiger partial charge in [0.1, 0.15) is 34.5 Å². The first-order valence-corrected chi connectivity index (χ1v) is 34.3. The Kier molecular flexibility index (Phi) is 28.9. The van der Waals surface area contributed by atoms with Crippen LogP contribution in [0.25, 0.3) is 0 Å². The van der Waals surface area contributed by atoms with E-state index in [4.69, 9.17) is 14.2 Å². The molecule has 1 aliphatic rings. The molecule has 18 heteroatoms. The number of phenolic OH excluding ortho intramolecular Hbond substituents is 3. The van der Waals surface area contributed by atoms with Crippen molar-refractivity contribution in [2.45, 2.75) is 213 Å². The number of phenols is 3. The minimum absolute atomic E-state index is 0.000121. The molecule has 0 radical (unpaired) electrons. The minimum atomic E-state index is -1.07. The van der Waals surface area contributed by atoms with Crippen molar-refractivity contribution in [2.24, 2.45) is 0 Å². The zero-order valence-electron chi connectivity index (χ0n) is 56.0. The van der Waals surface area contributed by atoms with Gasteiger partial charge in [-0.05, 0) is 158 Å². The normalized spacial score (nSPS) is 12.2. The molecule has 0 aliphatic heterocycles. The molecule has 516 valence electrons. The van der Waals surface area contributed by atoms with Crippen molar-refractivity contribution in [3.63, 3.8) is 0 Å². The van der Waals surface area contributed by atoms with E-state index in [1.807, 2.05) is 36.4 Å². The van der Waals surface area contributed by atoms with Crippen LogP contribution in [0.4, 0.5) is 0 Å². The van der Waals surface area contributed by atoms with Crippen molar-refractivity contribution in [1.29, 1.82) is 0 Å². The lowest BCUT2D eigenvalue weighted by Crippen LogP contribution is -2.11. The van der Waals surface area contributed by atoms with E-state index in [-0.39, 0.29) is 144 Å². The number of carboxylic acid groups (broad SMARTS) is 6. The van der Waals surface area contributed by atoms with Gasteiger partial charge < -0.3 is 60.2 Å². The Morgan fingerprint density at radius 2 is 0.438 bits per heavy atom. The summed E-state index contributed by atoms with van der Waals surface area (Å²) in [7, 11) is 0. The fourth-order valence-electron chi connectivity index (χ4n) is 12.8. The molecule has 18 nitrogen and oxygen atoms in total. The van der Waals surface area contributed by atoms with Crippen LogP contribution in [0.15, 0.2) is 72.8 Å². The summed E-state index contributed by atoms with van der Waals surface area (Å²) in [5, 5.41) is 98.5. The lowest BCUT2D eigenvalue weighted by Gasteiger charge is -2.24. The van der Waals surface area contributed by atoms with Gasteiger partial charge in [0.05, 0.1) is 19.8 Å². The molecule has 0 aromatic heterocycles. The molecule has 6 aromatic rings. The molecule has 6 aromatic carbocycles. The standard InChI is InChI=1S/C78H96O18/c1-4-7-10-13-28-94-76-61-37-52(19-25-70(85)86)39-63(76)47-65-41-54(21-27-72(89)90)42-66(78(65)96-30-15-12-9-6-3)48-64-40-53(20-26-71(87)88)38-62(77(64)95-29-14-11-8-5-2)46-60-36-51(18-24-69(83)84)34-58(75(60)93)44-56-32-49(16-22-67(79)80)31-55(73(56)91)43-57-33-50(17-23-68(81)82)35-59(45-61)74(57)92/h31-42,91-93H,4-30,43-48H2,1-3H3,(H,79,80)(H,81,82)(H,83,84)(H,85,86)(H,87,88)(H,89,90). The second-order valence-corrected chi connectivity index (χ2v) is 25.7. The van der Waals surface area contributed by atoms with Crippen LogP contribution >= 0.6 is 0 Å². The van der Waals surface area contributed by atoms with Gasteiger partial charge in [0.2, 0.25) is 0 Å². The van der Waals surface area contributed by atoms with E-state index in [0.717, 1.165) is 57.8 Å². The molecule has 0 unspecified atom stereocenters. The first-order valence-electron chi connectivity index (χ1n) is 34.3. The average Bonchev–Trinajstić information content (AvgIpc) is 0.852. The first kappa shape index (κ1) is 74.3. The Morgan fingerprint density at radius 1 is 0.271 bits per heavy atom. The van der Waals surface area contributed by atoms with Gasteiger partial charge in [-0.2, -0.15) is 0 Å². The highest BCUT2D eigenvalue weighted by Gasteiger charge is 2.26. The van der Waals surface area contributed by atoms with Crippen molar-refractivity contribution in [3.8, 4) is 34.5 Å². The number of unbranched alkanes of at least 4 members (excludes halogenated alkanes) is 9. The monoisotopic (exact) mass is 1320 g/mol. The summed E-state index contributed by atoms with van der Waals surface area (Å²) in [6, 6.07) is 21.7. The fourth-order valence-corrected chi connectivity index (χ4v) is 12.8. The predicted molar refractivity (Wildman–Crippen MR) is 365 cm³/mol. The number of aliphatic carboxylic acids is 6. The van der Waals surface area contributed by atoms with Crippen molar-refractivity contribution in [1.82, 2.24) is 0 Å². The van der Waals surface area contributed by atoms with Crippen LogP contribution < -0.4 is 14.2 Å². The van der Waals surface area contributed by atoms with Crippen molar-refractivity contribution < 1.29 is 88.9 Å². The number of aromatic hydroxyl groups is 3. The molecule has 1 aliphatic carbocycles. The molecule has 12 bridgehead atoms. The van der Waals surface area contributed by atoms with Gasteiger partial charge in [0, 0.05) is 77.0 Å². The zero-order valence-corrected chi connectivity index (χ0v) is 56.0. The third-order valence-electron chi connectivity index (χ3n) is 17.7. The summed E-state index contributed by atoms with van der Waals surface area (Å²) < 4.78 is 21.0. The van der Waals surface area contributed by atoms with Crippen LogP contribution in [0, 0.1) is 0 Å². The number of hydrogen-bond donors (Lipinski definition) is 9. The number of rotatable bonds is 36. The van der Waals surface area contributed by atoms with Crippen molar-refractivity contribution in [2.75, 3.05) is 19.8 Å². The second-order valence-electron chi connectivity index (χ2n) is 25.7. The molecule has 0 fully saturated rings. The molecular weight excluding hydrogens is 1220 g/mol. The summed E-state index contributed by atoms with van der Waals surface area (Å²) in [5.74, 6) is -5.33. The first-order chi connectivity index (χ1) is 46.1. The summed E-state index contributed by atoms with van der Waals surface area (Å²) in [6.07, 6.45) is 9.56. The number of aryl methyl sites for hydroxylation is 6. The average molecular weight is 1320 g/mol. The lowest BCUT2D eigenvalue weighted by molar-refractivity contribution is -0.138. The number of benzene rings is 6. The molecule has 0 atom stereocenters. The third kappa shape index (κ3) is 22.8. The number of ether oxygens (including phenoxy) is 3. The van der Waals surface area contributed by atoms with Crippen LogP contribution in [0.3, 0.4) is 0 Å². The Bertz CT molecular complexity index is 3480. The van der Waals surface area contributed by atoms with Crippen molar-refractivity contribution in [3.05, 3.63) is 173 Å². The minimum Gasteiger partial charge on any atom is -0.507 e. The molecule has 0 heterocycles. The SMILES string of the molecule is CCCCCCOc1c2cc(CCC(=O)O)cc1Cc1cc(CCC(=O)O)cc(c1OCCCCCC)Cc1cc(CCC(=O)O)cc(c1OCCCCCC)Cc1cc(CCC(=O)O)cc(c1O)Cc1cc(CCC(=O)O)cc(c1O)Cc1cc(CCC(=O)O)cc(c1O)C2. The van der Waals surface area contributed by atoms with E-state index in [1.165, 1.54) is 0 Å². The van der Waals surface area contributed by atoms with E-state index in [1.54, 1.807) is 36.4 Å². The van der Waals surface area contributed by atoms with Gasteiger partial charge in [0.25, 0.3) is 0 Å². The fraction of sp³-hybridized carbons (Fsp3) is 0.462. The topological polar surface area (TPSA) is 312 Å². The van der Waals surface area contributed by atoms with Crippen LogP contribution in [0.2, 0.25) is 0 Å². The van der Waals surface area contributed by atoms with Crippen LogP contribution in [0.5, 0.6) is 34.5 Å². The van der Waals surface area contributed by atoms with Gasteiger partial charge in [-0.15, -0.1) is 0 Å². The van der Waals surface area contributed by atoms with E-state index >= 15 is 0 Å². The summed E-state index contributed by atoms with van der Waals surface area (Å²) >= 11 is 0. The molecule has 9 N–H and O–H groups in total. The zero-order chi connectivity index (χ0) is 69.3. The third-order valence-corrected chi connectivity index (χ3v) is 17.7. The van der Waals surface area contributed by atoms with Gasteiger partial charge in [-0.3, -0.25) is 28.8 Å². The quantitative estimate of drug-likeness (QED) is 0.0165. The molecule has 7 rings (SSSR count). The summed E-state index contributed by atoms with van der Waals surface area (Å²) in [6.45, 7) is 7.24.